The molecule has 0 saturated heterocycles. The van der Waals surface area contributed by atoms with Gasteiger partial charge in [0.1, 0.15) is 0 Å². The topological polar surface area (TPSA) is 26.0 Å². The number of hydrogen-bond acceptors (Lipinski definition) is 1. The Morgan fingerprint density at radius 1 is 1.00 bits per heavy atom. The third-order valence-electron chi connectivity index (χ3n) is 3.90. The number of nitrogens with two attached hydrogens (primary N) is 1. The molecule has 1 aromatic rings. The summed E-state index contributed by atoms with van der Waals surface area (Å²) < 4.78 is 0. The van der Waals surface area contributed by atoms with E-state index in [1.54, 1.807) is 0 Å². The van der Waals surface area contributed by atoms with Gasteiger partial charge in [-0.05, 0) is 52.8 Å². The van der Waals surface area contributed by atoms with Gasteiger partial charge in [-0.15, -0.1) is 0 Å². The van der Waals surface area contributed by atoms with Crippen molar-refractivity contribution in [3.8, 4) is 0 Å². The van der Waals surface area contributed by atoms with Gasteiger partial charge in [0.05, 0.1) is 0 Å². The first-order chi connectivity index (χ1) is 8.90. The Morgan fingerprint density at radius 3 is 2.72 bits per heavy atom. The van der Waals surface area contributed by atoms with Crippen LogP contribution in [0.3, 0.4) is 0 Å². The summed E-state index contributed by atoms with van der Waals surface area (Å²) in [7, 11) is 0. The zero-order valence-corrected chi connectivity index (χ0v) is 10.7. The summed E-state index contributed by atoms with van der Waals surface area (Å²) in [5.41, 5.74) is 10.2. The molecular weight excluding hydrogens is 218 g/mol. The van der Waals surface area contributed by atoms with Crippen LogP contribution in [-0.2, 0) is 6.54 Å². The molecule has 2 aliphatic carbocycles. The van der Waals surface area contributed by atoms with Crippen molar-refractivity contribution in [3.05, 3.63) is 58.0 Å². The maximum atomic E-state index is 5.92. The lowest BCUT2D eigenvalue weighted by Gasteiger charge is -2.20. The fourth-order valence-electron chi connectivity index (χ4n) is 3.03. The lowest BCUT2D eigenvalue weighted by Crippen LogP contribution is -2.33. The van der Waals surface area contributed by atoms with Gasteiger partial charge in [-0.25, -0.2) is 0 Å². The van der Waals surface area contributed by atoms with Crippen molar-refractivity contribution in [1.29, 1.82) is 0 Å². The fraction of sp³-hybridized carbons (Fsp3) is 0.294. The first-order valence-corrected chi connectivity index (χ1v) is 6.79. The highest BCUT2D eigenvalue weighted by atomic mass is 14.5. The maximum Gasteiger partial charge on any atom is 0.0184 e. The number of allylic oxidation sites excluding steroid dienone is 4. The molecule has 1 nitrogen and oxygen atoms in total. The maximum absolute atomic E-state index is 5.92. The SMILES string of the molecule is NCc1cccc2c1=C1CCCCC1=CC=CC=2. The van der Waals surface area contributed by atoms with Crippen LogP contribution in [-0.4, -0.2) is 0 Å². The summed E-state index contributed by atoms with van der Waals surface area (Å²) in [4.78, 5) is 0. The highest BCUT2D eigenvalue weighted by Crippen LogP contribution is 2.29. The minimum absolute atomic E-state index is 0.623. The first kappa shape index (κ1) is 11.5. The standard InChI is InChI=1S/C17H19N/c18-12-15-10-5-9-14-8-2-1-6-13-7-3-4-11-16(13)17(14)15/h1-2,5-6,8-10H,3-4,7,11-12,18H2. The summed E-state index contributed by atoms with van der Waals surface area (Å²) in [6, 6.07) is 6.47. The molecule has 1 fully saturated rings. The zero-order valence-electron chi connectivity index (χ0n) is 10.7. The highest BCUT2D eigenvalue weighted by molar-refractivity contribution is 5.68. The van der Waals surface area contributed by atoms with Gasteiger partial charge >= 0.3 is 0 Å². The van der Waals surface area contributed by atoms with Crippen molar-refractivity contribution in [2.75, 3.05) is 0 Å². The summed E-state index contributed by atoms with van der Waals surface area (Å²) in [5.74, 6) is 0. The third kappa shape index (κ3) is 1.95. The third-order valence-corrected chi connectivity index (χ3v) is 3.90. The number of benzene rings is 1. The lowest BCUT2D eigenvalue weighted by atomic mass is 9.85. The van der Waals surface area contributed by atoms with Crippen molar-refractivity contribution in [2.45, 2.75) is 32.2 Å². The van der Waals surface area contributed by atoms with Crippen LogP contribution in [0.15, 0.2) is 42.0 Å². The van der Waals surface area contributed by atoms with Crippen molar-refractivity contribution < 1.29 is 0 Å². The van der Waals surface area contributed by atoms with Crippen LogP contribution in [0, 0.1) is 0 Å². The van der Waals surface area contributed by atoms with E-state index in [4.69, 9.17) is 5.73 Å². The second-order valence-electron chi connectivity index (χ2n) is 5.01. The van der Waals surface area contributed by atoms with Crippen molar-refractivity contribution in [2.24, 2.45) is 5.73 Å². The summed E-state index contributed by atoms with van der Waals surface area (Å²) in [6.45, 7) is 0.623. The molecule has 0 bridgehead atoms. The predicted molar refractivity (Wildman–Crippen MR) is 77.1 cm³/mol. The van der Waals surface area contributed by atoms with Crippen LogP contribution in [0.5, 0.6) is 0 Å². The monoisotopic (exact) mass is 237 g/mol. The van der Waals surface area contributed by atoms with Gasteiger partial charge in [0, 0.05) is 6.54 Å². The van der Waals surface area contributed by atoms with E-state index in [1.807, 2.05) is 0 Å². The molecule has 3 rings (SSSR count). The largest absolute Gasteiger partial charge is 0.326 e. The summed E-state index contributed by atoms with van der Waals surface area (Å²) in [5, 5.41) is 2.71. The minimum Gasteiger partial charge on any atom is -0.326 e. The van der Waals surface area contributed by atoms with Crippen LogP contribution < -0.4 is 16.2 Å². The van der Waals surface area contributed by atoms with Crippen LogP contribution in [0.25, 0.3) is 11.6 Å². The molecule has 0 aliphatic heterocycles. The van der Waals surface area contributed by atoms with Crippen LogP contribution in [0.2, 0.25) is 0 Å². The molecule has 92 valence electrons. The summed E-state index contributed by atoms with van der Waals surface area (Å²) in [6.07, 6.45) is 13.8. The van der Waals surface area contributed by atoms with Gasteiger partial charge in [0.25, 0.3) is 0 Å². The van der Waals surface area contributed by atoms with Crippen molar-refractivity contribution in [3.63, 3.8) is 0 Å². The molecule has 18 heavy (non-hydrogen) atoms. The molecular formula is C17H19N. The van der Waals surface area contributed by atoms with Gasteiger partial charge in [0.15, 0.2) is 0 Å². The zero-order chi connectivity index (χ0) is 12.4. The number of fused-ring (bicyclic) bond motifs is 2. The molecule has 1 aromatic carbocycles. The summed E-state index contributed by atoms with van der Waals surface area (Å²) >= 11 is 0. The van der Waals surface area contributed by atoms with Crippen LogP contribution in [0.1, 0.15) is 31.2 Å². The van der Waals surface area contributed by atoms with E-state index in [1.165, 1.54) is 52.8 Å². The van der Waals surface area contributed by atoms with Gasteiger partial charge < -0.3 is 5.73 Å². The molecule has 0 radical (unpaired) electrons. The highest BCUT2D eigenvalue weighted by Gasteiger charge is 2.14. The van der Waals surface area contributed by atoms with E-state index in [0.29, 0.717) is 6.54 Å². The Bertz CT molecular complexity index is 632. The Labute approximate surface area is 108 Å². The van der Waals surface area contributed by atoms with E-state index >= 15 is 0 Å². The Morgan fingerprint density at radius 2 is 1.83 bits per heavy atom. The van der Waals surface area contributed by atoms with Crippen LogP contribution >= 0.6 is 0 Å². The van der Waals surface area contributed by atoms with Crippen LogP contribution in [0.4, 0.5) is 0 Å². The normalized spacial score (nSPS) is 18.1. The number of rotatable bonds is 1. The number of hydrogen-bond donors (Lipinski definition) is 1. The van der Waals surface area contributed by atoms with E-state index in [9.17, 15) is 0 Å². The van der Waals surface area contributed by atoms with E-state index in [-0.39, 0.29) is 0 Å². The molecule has 0 spiro atoms. The average Bonchev–Trinajstić information content (AvgIpc) is 2.41. The van der Waals surface area contributed by atoms with Gasteiger partial charge in [-0.2, -0.15) is 0 Å². The second kappa shape index (κ2) is 4.95. The van der Waals surface area contributed by atoms with E-state index in [2.05, 4.69) is 42.5 Å². The predicted octanol–water partition coefficient (Wildman–Crippen LogP) is 2.15. The molecule has 2 aliphatic rings. The van der Waals surface area contributed by atoms with E-state index < -0.39 is 0 Å². The quantitative estimate of drug-likeness (QED) is 0.795. The second-order valence-corrected chi connectivity index (χ2v) is 5.01. The molecule has 1 heteroatoms. The molecule has 0 heterocycles. The molecule has 2 N–H and O–H groups in total. The van der Waals surface area contributed by atoms with Gasteiger partial charge in [0.2, 0.25) is 0 Å². The Balaban J connectivity index is 2.41. The molecule has 0 atom stereocenters. The average molecular weight is 237 g/mol. The van der Waals surface area contributed by atoms with Crippen molar-refractivity contribution in [1.82, 2.24) is 0 Å². The lowest BCUT2D eigenvalue weighted by molar-refractivity contribution is 0.714. The smallest absolute Gasteiger partial charge is 0.0184 e. The van der Waals surface area contributed by atoms with Crippen molar-refractivity contribution >= 4 is 11.6 Å². The fourth-order valence-corrected chi connectivity index (χ4v) is 3.03. The Kier molecular flexibility index (Phi) is 3.16. The first-order valence-electron chi connectivity index (χ1n) is 6.79. The molecule has 1 saturated carbocycles. The Hall–Kier alpha value is -1.60. The van der Waals surface area contributed by atoms with Gasteiger partial charge in [-0.1, -0.05) is 42.5 Å². The molecule has 0 amide bonds. The van der Waals surface area contributed by atoms with E-state index in [0.717, 1.165) is 0 Å². The molecule has 0 aromatic heterocycles. The minimum atomic E-state index is 0.623. The van der Waals surface area contributed by atoms with Gasteiger partial charge in [-0.3, -0.25) is 0 Å². The molecule has 0 unspecified atom stereocenters.